The molecule has 2 rings (SSSR count). The van der Waals surface area contributed by atoms with Gasteiger partial charge < -0.3 is 20.7 Å². The van der Waals surface area contributed by atoms with Gasteiger partial charge in [-0.3, -0.25) is 4.79 Å². The molecule has 0 aliphatic heterocycles. The lowest BCUT2D eigenvalue weighted by atomic mass is 10.1. The van der Waals surface area contributed by atoms with Gasteiger partial charge in [0.2, 0.25) is 0 Å². The number of anilines is 1. The third-order valence-corrected chi connectivity index (χ3v) is 3.41. The van der Waals surface area contributed by atoms with E-state index in [1.165, 1.54) is 0 Å². The van der Waals surface area contributed by atoms with Crippen molar-refractivity contribution in [1.82, 2.24) is 4.90 Å². The van der Waals surface area contributed by atoms with Crippen molar-refractivity contribution < 1.29 is 9.53 Å². The second-order valence-electron chi connectivity index (χ2n) is 5.42. The van der Waals surface area contributed by atoms with Gasteiger partial charge in [-0.05, 0) is 29.8 Å². The summed E-state index contributed by atoms with van der Waals surface area (Å²) in [4.78, 5) is 17.7. The summed E-state index contributed by atoms with van der Waals surface area (Å²) < 4.78 is 5.25. The predicted molar refractivity (Wildman–Crippen MR) is 112 cm³/mol. The predicted octanol–water partition coefficient (Wildman–Crippen LogP) is 2.94. The molecule has 0 atom stereocenters. The lowest BCUT2D eigenvalue weighted by molar-refractivity contribution is 0.0827. The molecule has 25 heavy (non-hydrogen) atoms. The van der Waals surface area contributed by atoms with Gasteiger partial charge >= 0.3 is 0 Å². The molecule has 0 aliphatic carbocycles. The standard InChI is InChI=1S/C18H22N4O2.HI/c1-22(2)17(23)14-10-8-13(9-11-14)12-20-18(19)21-15-6-4-5-7-16(15)24-3;/h4-11H,12H2,1-3H3,(H3,19,20,21);1H. The molecule has 0 bridgehead atoms. The molecule has 0 saturated heterocycles. The minimum Gasteiger partial charge on any atom is -0.495 e. The third kappa shape index (κ3) is 5.93. The molecule has 0 aromatic heterocycles. The van der Waals surface area contributed by atoms with Crippen LogP contribution in [-0.4, -0.2) is 38.0 Å². The number of methoxy groups -OCH3 is 1. The molecule has 0 saturated carbocycles. The SMILES string of the molecule is COc1ccccc1NC(N)=NCc1ccc(C(=O)N(C)C)cc1.I. The average Bonchev–Trinajstić information content (AvgIpc) is 2.60. The van der Waals surface area contributed by atoms with Gasteiger partial charge in [-0.1, -0.05) is 24.3 Å². The van der Waals surface area contributed by atoms with Gasteiger partial charge in [0.05, 0.1) is 19.3 Å². The van der Waals surface area contributed by atoms with E-state index in [-0.39, 0.29) is 29.9 Å². The van der Waals surface area contributed by atoms with E-state index in [0.717, 1.165) is 11.3 Å². The number of nitrogens with two attached hydrogens (primary N) is 1. The Morgan fingerprint density at radius 1 is 1.16 bits per heavy atom. The quantitative estimate of drug-likeness (QED) is 0.414. The first-order valence-electron chi connectivity index (χ1n) is 7.52. The largest absolute Gasteiger partial charge is 0.495 e. The van der Waals surface area contributed by atoms with Crippen molar-refractivity contribution in [3.8, 4) is 5.75 Å². The van der Waals surface area contributed by atoms with E-state index < -0.39 is 0 Å². The molecule has 0 unspecified atom stereocenters. The van der Waals surface area contributed by atoms with E-state index in [0.29, 0.717) is 23.8 Å². The first kappa shape index (κ1) is 20.8. The van der Waals surface area contributed by atoms with Crippen molar-refractivity contribution in [2.45, 2.75) is 6.54 Å². The first-order valence-corrected chi connectivity index (χ1v) is 7.52. The molecule has 0 radical (unpaired) electrons. The zero-order valence-electron chi connectivity index (χ0n) is 14.5. The van der Waals surface area contributed by atoms with Gasteiger partial charge in [-0.2, -0.15) is 0 Å². The second kappa shape index (κ2) is 9.87. The van der Waals surface area contributed by atoms with Crippen LogP contribution in [0.1, 0.15) is 15.9 Å². The fraction of sp³-hybridized carbons (Fsp3) is 0.222. The number of hydrogen-bond donors (Lipinski definition) is 2. The van der Waals surface area contributed by atoms with Crippen molar-refractivity contribution in [2.24, 2.45) is 10.7 Å². The number of carbonyl (C=O) groups excluding carboxylic acids is 1. The Labute approximate surface area is 165 Å². The number of amides is 1. The van der Waals surface area contributed by atoms with Gasteiger partial charge in [0.15, 0.2) is 5.96 Å². The van der Waals surface area contributed by atoms with E-state index in [2.05, 4.69) is 10.3 Å². The maximum Gasteiger partial charge on any atom is 0.253 e. The van der Waals surface area contributed by atoms with E-state index in [1.54, 1.807) is 38.2 Å². The number of nitrogens with zero attached hydrogens (tertiary/aromatic N) is 2. The zero-order valence-corrected chi connectivity index (χ0v) is 16.9. The van der Waals surface area contributed by atoms with Gasteiger partial charge in [-0.15, -0.1) is 24.0 Å². The highest BCUT2D eigenvalue weighted by molar-refractivity contribution is 14.0. The smallest absolute Gasteiger partial charge is 0.253 e. The number of ether oxygens (including phenoxy) is 1. The summed E-state index contributed by atoms with van der Waals surface area (Å²) in [6.45, 7) is 0.421. The van der Waals surface area contributed by atoms with Gasteiger partial charge in [0.25, 0.3) is 5.91 Å². The molecule has 6 nitrogen and oxygen atoms in total. The Hall–Kier alpha value is -2.29. The van der Waals surface area contributed by atoms with Crippen LogP contribution in [0.15, 0.2) is 53.5 Å². The van der Waals surface area contributed by atoms with Crippen LogP contribution in [0.4, 0.5) is 5.69 Å². The van der Waals surface area contributed by atoms with Crippen molar-refractivity contribution >= 4 is 41.5 Å². The number of guanidine groups is 1. The molecule has 134 valence electrons. The third-order valence-electron chi connectivity index (χ3n) is 3.41. The van der Waals surface area contributed by atoms with Crippen LogP contribution in [0, 0.1) is 0 Å². The van der Waals surface area contributed by atoms with Crippen LogP contribution in [0.2, 0.25) is 0 Å². The number of aliphatic imine (C=N–C) groups is 1. The normalized spacial score (nSPS) is 10.6. The fourth-order valence-electron chi connectivity index (χ4n) is 2.11. The van der Waals surface area contributed by atoms with E-state index >= 15 is 0 Å². The van der Waals surface area contributed by atoms with Gasteiger partial charge in [-0.25, -0.2) is 4.99 Å². The Morgan fingerprint density at radius 3 is 2.40 bits per heavy atom. The number of hydrogen-bond acceptors (Lipinski definition) is 3. The Balaban J connectivity index is 0.00000312. The lowest BCUT2D eigenvalue weighted by Gasteiger charge is -2.11. The molecule has 2 aromatic carbocycles. The molecular formula is C18H23IN4O2. The maximum atomic E-state index is 11.8. The van der Waals surface area contributed by atoms with Crippen LogP contribution in [-0.2, 0) is 6.54 Å². The molecule has 0 aliphatic rings. The molecule has 2 aromatic rings. The maximum absolute atomic E-state index is 11.8. The molecule has 0 spiro atoms. The monoisotopic (exact) mass is 454 g/mol. The summed E-state index contributed by atoms with van der Waals surface area (Å²) in [5.74, 6) is 0.970. The Morgan fingerprint density at radius 2 is 1.80 bits per heavy atom. The van der Waals surface area contributed by atoms with Crippen LogP contribution in [0.3, 0.4) is 0 Å². The molecule has 7 heteroatoms. The van der Waals surface area contributed by atoms with Gasteiger partial charge in [0.1, 0.15) is 5.75 Å². The summed E-state index contributed by atoms with van der Waals surface area (Å²) in [5.41, 5.74) is 8.29. The van der Waals surface area contributed by atoms with Crippen molar-refractivity contribution in [1.29, 1.82) is 0 Å². The average molecular weight is 454 g/mol. The molecule has 3 N–H and O–H groups in total. The van der Waals surface area contributed by atoms with E-state index in [9.17, 15) is 4.79 Å². The second-order valence-corrected chi connectivity index (χ2v) is 5.42. The lowest BCUT2D eigenvalue weighted by Crippen LogP contribution is -2.23. The summed E-state index contributed by atoms with van der Waals surface area (Å²) in [5, 5.41) is 3.02. The molecular weight excluding hydrogens is 431 g/mol. The van der Waals surface area contributed by atoms with Gasteiger partial charge in [0, 0.05) is 19.7 Å². The number of carbonyl (C=O) groups is 1. The molecule has 0 heterocycles. The number of rotatable bonds is 5. The Kier molecular flexibility index (Phi) is 8.20. The van der Waals surface area contributed by atoms with E-state index in [4.69, 9.17) is 10.5 Å². The van der Waals surface area contributed by atoms with Crippen LogP contribution in [0.25, 0.3) is 0 Å². The fourth-order valence-corrected chi connectivity index (χ4v) is 2.11. The highest BCUT2D eigenvalue weighted by Crippen LogP contribution is 2.22. The first-order chi connectivity index (χ1) is 11.5. The summed E-state index contributed by atoms with van der Waals surface area (Å²) in [7, 11) is 5.06. The molecule has 0 fully saturated rings. The summed E-state index contributed by atoms with van der Waals surface area (Å²) in [6.07, 6.45) is 0. The highest BCUT2D eigenvalue weighted by atomic mass is 127. The molecule has 1 amide bonds. The number of para-hydroxylation sites is 2. The Bertz CT molecular complexity index is 730. The van der Waals surface area contributed by atoms with Crippen LogP contribution < -0.4 is 15.8 Å². The topological polar surface area (TPSA) is 80.0 Å². The van der Waals surface area contributed by atoms with Crippen molar-refractivity contribution in [2.75, 3.05) is 26.5 Å². The number of benzene rings is 2. The number of halogens is 1. The van der Waals surface area contributed by atoms with Crippen LogP contribution in [0.5, 0.6) is 5.75 Å². The van der Waals surface area contributed by atoms with Crippen LogP contribution >= 0.6 is 24.0 Å². The number of nitrogens with one attached hydrogen (secondary N) is 1. The summed E-state index contributed by atoms with van der Waals surface area (Å²) in [6, 6.07) is 14.8. The minimum absolute atomic E-state index is 0. The van der Waals surface area contributed by atoms with Crippen molar-refractivity contribution in [3.63, 3.8) is 0 Å². The van der Waals surface area contributed by atoms with Crippen molar-refractivity contribution in [3.05, 3.63) is 59.7 Å². The highest BCUT2D eigenvalue weighted by Gasteiger charge is 2.07. The minimum atomic E-state index is -0.0256. The van der Waals surface area contributed by atoms with E-state index in [1.807, 2.05) is 36.4 Å². The summed E-state index contributed by atoms with van der Waals surface area (Å²) >= 11 is 0. The zero-order chi connectivity index (χ0) is 17.5.